The number of thiazole rings is 1. The zero-order chi connectivity index (χ0) is 14.9. The van der Waals surface area contributed by atoms with Crippen molar-refractivity contribution >= 4 is 32.3 Å². The summed E-state index contributed by atoms with van der Waals surface area (Å²) in [7, 11) is -3.73. The van der Waals surface area contributed by atoms with Crippen LogP contribution in [0.4, 0.5) is 5.13 Å². The van der Waals surface area contributed by atoms with E-state index in [0.29, 0.717) is 10.7 Å². The number of Topliss-reactive ketones (excluding diaryl/α,β-unsaturated/α-hetero) is 1. The first kappa shape index (κ1) is 14.7. The number of aryl methyl sites for hydroxylation is 2. The Balaban J connectivity index is 2.35. The lowest BCUT2D eigenvalue weighted by Gasteiger charge is -2.06. The van der Waals surface area contributed by atoms with E-state index in [9.17, 15) is 13.2 Å². The lowest BCUT2D eigenvalue weighted by atomic mass is 10.2. The molecule has 2 aromatic rings. The van der Waals surface area contributed by atoms with E-state index in [1.54, 1.807) is 12.1 Å². The molecule has 0 saturated carbocycles. The van der Waals surface area contributed by atoms with Gasteiger partial charge in [-0.05, 0) is 32.9 Å². The van der Waals surface area contributed by atoms with Crippen LogP contribution in [0.2, 0.25) is 0 Å². The van der Waals surface area contributed by atoms with Crippen molar-refractivity contribution in [2.45, 2.75) is 25.7 Å². The van der Waals surface area contributed by atoms with Gasteiger partial charge in [0.1, 0.15) is 0 Å². The van der Waals surface area contributed by atoms with Gasteiger partial charge in [-0.25, -0.2) is 13.4 Å². The van der Waals surface area contributed by atoms with E-state index in [2.05, 4.69) is 9.71 Å². The van der Waals surface area contributed by atoms with Crippen LogP contribution in [-0.4, -0.2) is 19.2 Å². The van der Waals surface area contributed by atoms with Gasteiger partial charge in [-0.2, -0.15) is 0 Å². The third-order valence-electron chi connectivity index (χ3n) is 2.80. The minimum atomic E-state index is -3.73. The fourth-order valence-corrected chi connectivity index (χ4v) is 3.67. The fraction of sp³-hybridized carbons (Fsp3) is 0.231. The first-order valence-electron chi connectivity index (χ1n) is 5.87. The molecule has 1 aromatic carbocycles. The van der Waals surface area contributed by atoms with Gasteiger partial charge < -0.3 is 0 Å². The number of nitrogens with zero attached hydrogens (tertiary/aromatic N) is 1. The summed E-state index contributed by atoms with van der Waals surface area (Å²) in [6.07, 6.45) is 0. The third kappa shape index (κ3) is 3.05. The van der Waals surface area contributed by atoms with E-state index in [0.717, 1.165) is 10.6 Å². The number of sulfonamides is 1. The minimum absolute atomic E-state index is 0.0516. The highest BCUT2D eigenvalue weighted by molar-refractivity contribution is 7.93. The molecule has 0 fully saturated rings. The van der Waals surface area contributed by atoms with Crippen molar-refractivity contribution in [1.29, 1.82) is 0 Å². The van der Waals surface area contributed by atoms with Gasteiger partial charge >= 0.3 is 0 Å². The number of carbonyl (C=O) groups excluding carboxylic acids is 1. The first-order chi connectivity index (χ1) is 9.29. The van der Waals surface area contributed by atoms with E-state index < -0.39 is 10.0 Å². The summed E-state index contributed by atoms with van der Waals surface area (Å²) in [5, 5.41) is 0.327. The fourth-order valence-electron chi connectivity index (χ4n) is 1.57. The molecule has 1 N–H and O–H groups in total. The average molecular weight is 310 g/mol. The maximum absolute atomic E-state index is 12.2. The number of nitrogens with one attached hydrogen (secondary N) is 1. The van der Waals surface area contributed by atoms with Crippen LogP contribution in [0.3, 0.4) is 0 Å². The number of aromatic nitrogens is 1. The zero-order valence-corrected chi connectivity index (χ0v) is 12.9. The van der Waals surface area contributed by atoms with Crippen molar-refractivity contribution in [2.75, 3.05) is 4.72 Å². The van der Waals surface area contributed by atoms with Crippen molar-refractivity contribution in [3.05, 3.63) is 40.4 Å². The van der Waals surface area contributed by atoms with Gasteiger partial charge in [0, 0.05) is 10.4 Å². The van der Waals surface area contributed by atoms with Crippen LogP contribution in [0.15, 0.2) is 29.2 Å². The summed E-state index contributed by atoms with van der Waals surface area (Å²) in [6, 6.07) is 5.93. The van der Waals surface area contributed by atoms with Crippen LogP contribution in [-0.2, 0) is 10.0 Å². The number of carbonyl (C=O) groups is 1. The summed E-state index contributed by atoms with van der Waals surface area (Å²) in [4.78, 5) is 16.5. The van der Waals surface area contributed by atoms with Crippen molar-refractivity contribution in [3.63, 3.8) is 0 Å². The molecule has 0 radical (unpaired) electrons. The van der Waals surface area contributed by atoms with E-state index in [1.165, 1.54) is 30.4 Å². The molecule has 0 aliphatic carbocycles. The molecule has 106 valence electrons. The molecular formula is C13H14N2O3S2. The Morgan fingerprint density at radius 3 is 2.55 bits per heavy atom. The summed E-state index contributed by atoms with van der Waals surface area (Å²) >= 11 is 1.28. The molecule has 7 heteroatoms. The second kappa shape index (κ2) is 5.34. The number of hydrogen-bond donors (Lipinski definition) is 1. The quantitative estimate of drug-likeness (QED) is 0.881. The number of rotatable bonds is 4. The van der Waals surface area contributed by atoms with E-state index >= 15 is 0 Å². The Hall–Kier alpha value is -1.73. The molecule has 0 spiro atoms. The first-order valence-corrected chi connectivity index (χ1v) is 8.17. The molecule has 0 aliphatic heterocycles. The van der Waals surface area contributed by atoms with E-state index in [-0.39, 0.29) is 10.7 Å². The lowest BCUT2D eigenvalue weighted by Crippen LogP contribution is -2.13. The predicted molar refractivity (Wildman–Crippen MR) is 78.8 cm³/mol. The Morgan fingerprint density at radius 1 is 1.30 bits per heavy atom. The number of hydrogen-bond acceptors (Lipinski definition) is 5. The largest absolute Gasteiger partial charge is 0.295 e. The van der Waals surface area contributed by atoms with Gasteiger partial charge in [-0.3, -0.25) is 9.52 Å². The highest BCUT2D eigenvalue weighted by atomic mass is 32.2. The van der Waals surface area contributed by atoms with Gasteiger partial charge in [0.25, 0.3) is 10.0 Å². The Kier molecular flexibility index (Phi) is 3.92. The number of ketones is 1. The van der Waals surface area contributed by atoms with E-state index in [1.807, 2.05) is 13.8 Å². The molecule has 0 amide bonds. The molecule has 0 saturated heterocycles. The van der Waals surface area contributed by atoms with Crippen LogP contribution in [0, 0.1) is 13.8 Å². The molecule has 0 atom stereocenters. The van der Waals surface area contributed by atoms with Crippen LogP contribution in [0.25, 0.3) is 0 Å². The van der Waals surface area contributed by atoms with Crippen molar-refractivity contribution in [3.8, 4) is 0 Å². The molecule has 0 unspecified atom stereocenters. The average Bonchev–Trinajstić information content (AvgIpc) is 2.67. The standard InChI is InChI=1S/C13H14N2O3S2/c1-8-10(3)19-13(14-8)15-20(17,18)12-6-4-5-11(7-12)9(2)16/h4-7H,1-3H3,(H,14,15). The maximum atomic E-state index is 12.2. The van der Waals surface area contributed by atoms with Gasteiger partial charge in [-0.15, -0.1) is 11.3 Å². The molecule has 1 aromatic heterocycles. The normalized spacial score (nSPS) is 11.3. The highest BCUT2D eigenvalue weighted by Gasteiger charge is 2.17. The zero-order valence-electron chi connectivity index (χ0n) is 11.3. The molecule has 5 nitrogen and oxygen atoms in total. The lowest BCUT2D eigenvalue weighted by molar-refractivity contribution is 0.101. The van der Waals surface area contributed by atoms with E-state index in [4.69, 9.17) is 0 Å². The third-order valence-corrected chi connectivity index (χ3v) is 5.26. The number of benzene rings is 1. The molecule has 0 aliphatic rings. The molecule has 20 heavy (non-hydrogen) atoms. The van der Waals surface area contributed by atoms with Crippen molar-refractivity contribution < 1.29 is 13.2 Å². The maximum Gasteiger partial charge on any atom is 0.263 e. The van der Waals surface area contributed by atoms with Crippen molar-refractivity contribution in [1.82, 2.24) is 4.98 Å². The second-order valence-electron chi connectivity index (χ2n) is 4.35. The van der Waals surface area contributed by atoms with Crippen LogP contribution >= 0.6 is 11.3 Å². The highest BCUT2D eigenvalue weighted by Crippen LogP contribution is 2.24. The SMILES string of the molecule is CC(=O)c1cccc(S(=O)(=O)Nc2nc(C)c(C)s2)c1. The topological polar surface area (TPSA) is 76.1 Å². The number of anilines is 1. The van der Waals surface area contributed by atoms with Gasteiger partial charge in [-0.1, -0.05) is 12.1 Å². The Morgan fingerprint density at radius 2 is 2.00 bits per heavy atom. The predicted octanol–water partition coefficient (Wildman–Crippen LogP) is 2.76. The monoisotopic (exact) mass is 310 g/mol. The van der Waals surface area contributed by atoms with Crippen LogP contribution < -0.4 is 4.72 Å². The van der Waals surface area contributed by atoms with Crippen LogP contribution in [0.1, 0.15) is 27.9 Å². The Bertz CT molecular complexity index is 744. The van der Waals surface area contributed by atoms with Gasteiger partial charge in [0.2, 0.25) is 0 Å². The smallest absolute Gasteiger partial charge is 0.263 e. The minimum Gasteiger partial charge on any atom is -0.295 e. The molecule has 1 heterocycles. The Labute approximate surface area is 121 Å². The van der Waals surface area contributed by atoms with Crippen molar-refractivity contribution in [2.24, 2.45) is 0 Å². The second-order valence-corrected chi connectivity index (χ2v) is 7.24. The summed E-state index contributed by atoms with van der Waals surface area (Å²) in [5.41, 5.74) is 1.16. The molecule has 0 bridgehead atoms. The molecule has 2 rings (SSSR count). The molecular weight excluding hydrogens is 296 g/mol. The van der Waals surface area contributed by atoms with Gasteiger partial charge in [0.15, 0.2) is 10.9 Å². The summed E-state index contributed by atoms with van der Waals surface area (Å²) in [6.45, 7) is 5.09. The van der Waals surface area contributed by atoms with Gasteiger partial charge in [0.05, 0.1) is 10.6 Å². The summed E-state index contributed by atoms with van der Waals surface area (Å²) < 4.78 is 26.9. The van der Waals surface area contributed by atoms with Crippen LogP contribution in [0.5, 0.6) is 0 Å². The summed E-state index contributed by atoms with van der Waals surface area (Å²) in [5.74, 6) is -0.178.